The molecule has 1 saturated heterocycles. The van der Waals surface area contributed by atoms with Gasteiger partial charge in [0, 0.05) is 49.9 Å². The number of carbonyl (C=O) groups is 1. The number of fused-ring (bicyclic) bond motifs is 1. The molecule has 0 atom stereocenters. The van der Waals surface area contributed by atoms with Crippen molar-refractivity contribution in [1.29, 1.82) is 0 Å². The zero-order valence-electron chi connectivity index (χ0n) is 14.1. The minimum atomic E-state index is -0.398. The molecule has 0 spiro atoms. The second-order valence-corrected chi connectivity index (χ2v) is 6.58. The molecular formula is C18H20FN3O3. The Hall–Kier alpha value is -2.57. The van der Waals surface area contributed by atoms with Gasteiger partial charge in [-0.15, -0.1) is 0 Å². The molecule has 2 aliphatic rings. The zero-order chi connectivity index (χ0) is 17.6. The Bertz CT molecular complexity index is 883. The van der Waals surface area contributed by atoms with E-state index in [1.54, 1.807) is 17.2 Å². The molecule has 0 radical (unpaired) electrons. The van der Waals surface area contributed by atoms with Gasteiger partial charge in [-0.3, -0.25) is 4.79 Å². The highest BCUT2D eigenvalue weighted by molar-refractivity contribution is 5.83. The molecule has 0 bridgehead atoms. The largest absolute Gasteiger partial charge is 0.453 e. The summed E-state index contributed by atoms with van der Waals surface area (Å²) in [4.78, 5) is 27.2. The molecular weight excluding hydrogens is 325 g/mol. The highest BCUT2D eigenvalue weighted by atomic mass is 19.1. The summed E-state index contributed by atoms with van der Waals surface area (Å²) in [7, 11) is 1.36. The van der Waals surface area contributed by atoms with Crippen molar-refractivity contribution in [3.63, 3.8) is 0 Å². The Morgan fingerprint density at radius 3 is 2.56 bits per heavy atom. The number of nitrogens with zero attached hydrogens (tertiary/aromatic N) is 3. The van der Waals surface area contributed by atoms with Crippen LogP contribution < -0.4 is 10.3 Å². The molecule has 2 fully saturated rings. The summed E-state index contributed by atoms with van der Waals surface area (Å²) in [5, 5.41) is 0.420. The summed E-state index contributed by atoms with van der Waals surface area (Å²) >= 11 is 0. The van der Waals surface area contributed by atoms with Gasteiger partial charge in [0.2, 0.25) is 0 Å². The van der Waals surface area contributed by atoms with Gasteiger partial charge >= 0.3 is 6.09 Å². The summed E-state index contributed by atoms with van der Waals surface area (Å²) in [6, 6.07) is 5.03. The van der Waals surface area contributed by atoms with Crippen LogP contribution in [0.2, 0.25) is 0 Å². The summed E-state index contributed by atoms with van der Waals surface area (Å²) < 4.78 is 21.5. The third kappa shape index (κ3) is 2.83. The van der Waals surface area contributed by atoms with E-state index in [0.29, 0.717) is 43.3 Å². The molecule has 1 aliphatic heterocycles. The van der Waals surface area contributed by atoms with Crippen molar-refractivity contribution in [2.45, 2.75) is 18.9 Å². The molecule has 0 unspecified atom stereocenters. The second kappa shape index (κ2) is 6.06. The lowest BCUT2D eigenvalue weighted by Crippen LogP contribution is -2.49. The summed E-state index contributed by atoms with van der Waals surface area (Å²) in [5.41, 5.74) is 1.10. The first-order valence-corrected chi connectivity index (χ1v) is 8.50. The number of benzene rings is 1. The quantitative estimate of drug-likeness (QED) is 0.838. The summed E-state index contributed by atoms with van der Waals surface area (Å²) in [6.45, 7) is 2.01. The van der Waals surface area contributed by atoms with Gasteiger partial charge in [-0.05, 0) is 25.0 Å². The van der Waals surface area contributed by atoms with Crippen molar-refractivity contribution < 1.29 is 13.9 Å². The molecule has 1 amide bonds. The number of anilines is 1. The Kier molecular flexibility index (Phi) is 3.86. The van der Waals surface area contributed by atoms with Crippen molar-refractivity contribution in [3.05, 3.63) is 40.4 Å². The number of ether oxygens (including phenoxy) is 1. The first kappa shape index (κ1) is 15.9. The Morgan fingerprint density at radius 1 is 1.20 bits per heavy atom. The van der Waals surface area contributed by atoms with E-state index < -0.39 is 5.82 Å². The predicted octanol–water partition coefficient (Wildman–Crippen LogP) is 2.36. The minimum absolute atomic E-state index is 0.159. The van der Waals surface area contributed by atoms with E-state index in [4.69, 9.17) is 4.74 Å². The van der Waals surface area contributed by atoms with Crippen LogP contribution in [0.4, 0.5) is 14.9 Å². The Balaban J connectivity index is 1.68. The highest BCUT2D eigenvalue weighted by Gasteiger charge is 2.27. The standard InChI is InChI=1S/C18H20FN3O3/c1-25-18(24)21-8-6-20(7-9-21)16-11-15-13(10-14(16)19)17(23)4-5-22(15)12-2-3-12/h4-5,10-12H,2-3,6-9H2,1H3. The maximum Gasteiger partial charge on any atom is 0.409 e. The van der Waals surface area contributed by atoms with Crippen molar-refractivity contribution in [3.8, 4) is 0 Å². The molecule has 0 N–H and O–H groups in total. The Morgan fingerprint density at radius 2 is 1.92 bits per heavy atom. The molecule has 132 valence electrons. The maximum atomic E-state index is 14.7. The number of piperazine rings is 1. The summed E-state index contributed by atoms with van der Waals surface area (Å²) in [6.07, 6.45) is 3.62. The van der Waals surface area contributed by atoms with Crippen molar-refractivity contribution in [1.82, 2.24) is 9.47 Å². The molecule has 6 nitrogen and oxygen atoms in total. The number of hydrogen-bond donors (Lipinski definition) is 0. The van der Waals surface area contributed by atoms with E-state index in [1.165, 1.54) is 19.2 Å². The molecule has 4 rings (SSSR count). The normalized spacial score (nSPS) is 17.8. The van der Waals surface area contributed by atoms with E-state index in [-0.39, 0.29) is 11.5 Å². The van der Waals surface area contributed by atoms with Crippen LogP contribution in [0.5, 0.6) is 0 Å². The number of amides is 1. The number of rotatable bonds is 2. The monoisotopic (exact) mass is 345 g/mol. The molecule has 7 heteroatoms. The molecule has 25 heavy (non-hydrogen) atoms. The highest BCUT2D eigenvalue weighted by Crippen LogP contribution is 2.37. The van der Waals surface area contributed by atoms with Gasteiger partial charge in [0.15, 0.2) is 5.43 Å². The lowest BCUT2D eigenvalue weighted by molar-refractivity contribution is 0.121. The Labute approximate surface area is 144 Å². The van der Waals surface area contributed by atoms with E-state index in [1.807, 2.05) is 4.90 Å². The van der Waals surface area contributed by atoms with E-state index in [9.17, 15) is 14.0 Å². The lowest BCUT2D eigenvalue weighted by Gasteiger charge is -2.35. The van der Waals surface area contributed by atoms with Gasteiger partial charge in [-0.2, -0.15) is 0 Å². The third-order valence-electron chi connectivity index (χ3n) is 4.99. The van der Waals surface area contributed by atoms with Crippen LogP contribution in [-0.2, 0) is 4.74 Å². The van der Waals surface area contributed by atoms with Crippen LogP contribution >= 0.6 is 0 Å². The molecule has 1 aromatic heterocycles. The zero-order valence-corrected chi connectivity index (χ0v) is 14.1. The predicted molar refractivity (Wildman–Crippen MR) is 92.6 cm³/mol. The average molecular weight is 345 g/mol. The van der Waals surface area contributed by atoms with Crippen LogP contribution in [0.1, 0.15) is 18.9 Å². The van der Waals surface area contributed by atoms with Gasteiger partial charge in [0.1, 0.15) is 5.82 Å². The topological polar surface area (TPSA) is 54.8 Å². The third-order valence-corrected chi connectivity index (χ3v) is 4.99. The van der Waals surface area contributed by atoms with Crippen LogP contribution in [0.15, 0.2) is 29.2 Å². The van der Waals surface area contributed by atoms with Crippen LogP contribution in [0.25, 0.3) is 10.9 Å². The summed E-state index contributed by atoms with van der Waals surface area (Å²) in [5.74, 6) is -0.398. The van der Waals surface area contributed by atoms with E-state index in [0.717, 1.165) is 18.4 Å². The first-order chi connectivity index (χ1) is 12.1. The van der Waals surface area contributed by atoms with E-state index >= 15 is 0 Å². The van der Waals surface area contributed by atoms with Gasteiger partial charge in [-0.25, -0.2) is 9.18 Å². The van der Waals surface area contributed by atoms with Crippen LogP contribution in [0.3, 0.4) is 0 Å². The number of aromatic nitrogens is 1. The molecule has 2 aromatic rings. The molecule has 1 aliphatic carbocycles. The second-order valence-electron chi connectivity index (χ2n) is 6.58. The van der Waals surface area contributed by atoms with Crippen molar-refractivity contribution >= 4 is 22.7 Å². The smallest absolute Gasteiger partial charge is 0.409 e. The fourth-order valence-corrected chi connectivity index (χ4v) is 3.45. The van der Waals surface area contributed by atoms with E-state index in [2.05, 4.69) is 4.57 Å². The molecule has 1 aromatic carbocycles. The van der Waals surface area contributed by atoms with Crippen LogP contribution in [-0.4, -0.2) is 48.8 Å². The van der Waals surface area contributed by atoms with Gasteiger partial charge in [0.05, 0.1) is 18.3 Å². The number of methoxy groups -OCH3 is 1. The number of carbonyl (C=O) groups excluding carboxylic acids is 1. The van der Waals surface area contributed by atoms with Gasteiger partial charge in [-0.1, -0.05) is 0 Å². The van der Waals surface area contributed by atoms with Gasteiger partial charge < -0.3 is 19.1 Å². The van der Waals surface area contributed by atoms with Crippen LogP contribution in [0, 0.1) is 5.82 Å². The number of pyridine rings is 1. The fraction of sp³-hybridized carbons (Fsp3) is 0.444. The number of halogens is 1. The van der Waals surface area contributed by atoms with Crippen molar-refractivity contribution in [2.24, 2.45) is 0 Å². The maximum absolute atomic E-state index is 14.7. The van der Waals surface area contributed by atoms with Crippen molar-refractivity contribution in [2.75, 3.05) is 38.2 Å². The molecule has 2 heterocycles. The fourth-order valence-electron chi connectivity index (χ4n) is 3.45. The minimum Gasteiger partial charge on any atom is -0.453 e. The lowest BCUT2D eigenvalue weighted by atomic mass is 10.1. The average Bonchev–Trinajstić information content (AvgIpc) is 3.46. The van der Waals surface area contributed by atoms with Gasteiger partial charge in [0.25, 0.3) is 0 Å². The first-order valence-electron chi connectivity index (χ1n) is 8.50. The number of hydrogen-bond acceptors (Lipinski definition) is 4. The SMILES string of the molecule is COC(=O)N1CCN(c2cc3c(cc2F)c(=O)ccn3C2CC2)CC1. The molecule has 1 saturated carbocycles.